The third-order valence-corrected chi connectivity index (χ3v) is 7.02. The van der Waals surface area contributed by atoms with E-state index in [0.29, 0.717) is 6.54 Å². The maximum Gasteiger partial charge on any atom is 0.0744 e. The molecule has 0 spiro atoms. The maximum absolute atomic E-state index is 6.91. The van der Waals surface area contributed by atoms with E-state index in [9.17, 15) is 0 Å². The lowest BCUT2D eigenvalue weighted by Gasteiger charge is -2.16. The highest BCUT2D eigenvalue weighted by molar-refractivity contribution is 6.37. The van der Waals surface area contributed by atoms with Crippen molar-refractivity contribution in [3.63, 3.8) is 0 Å². The molecule has 0 radical (unpaired) electrons. The van der Waals surface area contributed by atoms with E-state index in [1.807, 2.05) is 12.1 Å². The monoisotopic (exact) mass is 445 g/mol. The number of hydrogen-bond donors (Lipinski definition) is 0. The van der Waals surface area contributed by atoms with Crippen LogP contribution in [0.1, 0.15) is 45.4 Å². The van der Waals surface area contributed by atoms with E-state index in [4.69, 9.17) is 16.6 Å². The normalized spacial score (nSPS) is 14.0. The predicted octanol–water partition coefficient (Wildman–Crippen LogP) is 7.91. The van der Waals surface area contributed by atoms with E-state index in [2.05, 4.69) is 84.9 Å². The van der Waals surface area contributed by atoms with Gasteiger partial charge in [0.05, 0.1) is 17.3 Å². The second-order valence-electron chi connectivity index (χ2n) is 8.80. The van der Waals surface area contributed by atoms with E-state index in [-0.39, 0.29) is 0 Å². The summed E-state index contributed by atoms with van der Waals surface area (Å²) in [5.74, 6) is 0. The van der Waals surface area contributed by atoms with E-state index in [0.717, 1.165) is 41.1 Å². The van der Waals surface area contributed by atoms with Gasteiger partial charge in [-0.05, 0) is 70.3 Å². The zero-order valence-corrected chi connectivity index (χ0v) is 19.1. The Morgan fingerprint density at radius 1 is 0.818 bits per heavy atom. The van der Waals surface area contributed by atoms with Gasteiger partial charge in [-0.1, -0.05) is 96.5 Å². The van der Waals surface area contributed by atoms with Gasteiger partial charge in [0.25, 0.3) is 0 Å². The van der Waals surface area contributed by atoms with Gasteiger partial charge in [0.15, 0.2) is 0 Å². The lowest BCUT2D eigenvalue weighted by molar-refractivity contribution is 0.975. The van der Waals surface area contributed by atoms with Crippen molar-refractivity contribution in [1.29, 1.82) is 0 Å². The number of hydrogen-bond acceptors (Lipinski definition) is 1. The third kappa shape index (κ3) is 3.73. The van der Waals surface area contributed by atoms with E-state index in [1.54, 1.807) is 0 Å². The number of nitrogens with zero attached hydrogens (tertiary/aromatic N) is 1. The van der Waals surface area contributed by atoms with Crippen molar-refractivity contribution < 1.29 is 0 Å². The van der Waals surface area contributed by atoms with Crippen LogP contribution in [0.4, 0.5) is 0 Å². The molecule has 0 N–H and O–H groups in total. The fourth-order valence-electron chi connectivity index (χ4n) is 5.09. The van der Waals surface area contributed by atoms with Gasteiger partial charge in [-0.2, -0.15) is 0 Å². The van der Waals surface area contributed by atoms with Gasteiger partial charge in [0.1, 0.15) is 0 Å². The van der Waals surface area contributed by atoms with Crippen molar-refractivity contribution in [1.82, 2.24) is 0 Å². The number of benzene rings is 4. The Morgan fingerprint density at radius 2 is 1.64 bits per heavy atom. The Hall–Kier alpha value is -3.42. The molecule has 0 aliphatic heterocycles. The van der Waals surface area contributed by atoms with E-state index < -0.39 is 0 Å². The molecular formula is C31H24ClN. The molecule has 0 fully saturated rings. The summed E-state index contributed by atoms with van der Waals surface area (Å²) < 4.78 is 0. The second-order valence-corrected chi connectivity index (χ2v) is 9.20. The first-order chi connectivity index (χ1) is 16.3. The Labute approximate surface area is 200 Å². The summed E-state index contributed by atoms with van der Waals surface area (Å²) in [7, 11) is 0. The van der Waals surface area contributed by atoms with Crippen LogP contribution >= 0.6 is 11.6 Å². The first-order valence-corrected chi connectivity index (χ1v) is 11.9. The van der Waals surface area contributed by atoms with E-state index >= 15 is 0 Å². The predicted molar refractivity (Wildman–Crippen MR) is 139 cm³/mol. The quantitative estimate of drug-likeness (QED) is 0.249. The van der Waals surface area contributed by atoms with Gasteiger partial charge < -0.3 is 0 Å². The van der Waals surface area contributed by atoms with Crippen LogP contribution in [0.25, 0.3) is 17.2 Å². The van der Waals surface area contributed by atoms with Crippen LogP contribution in [0.5, 0.6) is 0 Å². The Kier molecular flexibility index (Phi) is 5.20. The second kappa shape index (κ2) is 8.50. The fraction of sp³-hybridized carbons (Fsp3) is 0.129. The molecule has 0 amide bonds. The molecule has 2 aliphatic carbocycles. The summed E-state index contributed by atoms with van der Waals surface area (Å²) in [6.07, 6.45) is 7.68. The zero-order valence-electron chi connectivity index (χ0n) is 18.4. The average Bonchev–Trinajstić information content (AvgIpc) is 3.24. The molecule has 6 rings (SSSR count). The topological polar surface area (TPSA) is 12.4 Å². The third-order valence-electron chi connectivity index (χ3n) is 6.70. The van der Waals surface area contributed by atoms with Crippen molar-refractivity contribution in [2.24, 2.45) is 4.99 Å². The van der Waals surface area contributed by atoms with Gasteiger partial charge in [-0.3, -0.25) is 4.99 Å². The van der Waals surface area contributed by atoms with Crippen LogP contribution < -0.4 is 0 Å². The molecule has 2 aliphatic rings. The minimum absolute atomic E-state index is 0.618. The molecule has 0 aromatic heterocycles. The first-order valence-electron chi connectivity index (χ1n) is 11.6. The lowest BCUT2D eigenvalue weighted by Crippen LogP contribution is -2.08. The highest BCUT2D eigenvalue weighted by Gasteiger charge is 2.26. The summed E-state index contributed by atoms with van der Waals surface area (Å²) >= 11 is 6.91. The molecule has 0 heterocycles. The van der Waals surface area contributed by atoms with E-state index in [1.165, 1.54) is 38.9 Å². The van der Waals surface area contributed by atoms with Gasteiger partial charge in [-0.25, -0.2) is 0 Å². The SMILES string of the molecule is Clc1ccc2c(c1/C(=N\Cc1ccc3c(c1)C=CCC3)c1ccccc1)-c1ccccc1C2. The zero-order chi connectivity index (χ0) is 22.2. The van der Waals surface area contributed by atoms with Crippen LogP contribution in [0.3, 0.4) is 0 Å². The smallest absolute Gasteiger partial charge is 0.0744 e. The number of rotatable bonds is 4. The summed E-state index contributed by atoms with van der Waals surface area (Å²) in [5.41, 5.74) is 12.2. The first kappa shape index (κ1) is 20.2. The van der Waals surface area contributed by atoms with Crippen molar-refractivity contribution in [3.8, 4) is 11.1 Å². The molecule has 4 aromatic rings. The Bertz CT molecular complexity index is 1410. The molecule has 4 aromatic carbocycles. The minimum Gasteiger partial charge on any atom is -0.279 e. The number of fused-ring (bicyclic) bond motifs is 4. The van der Waals surface area contributed by atoms with Gasteiger partial charge in [-0.15, -0.1) is 0 Å². The standard InChI is InChI=1S/C31H24ClN/c32-28-17-16-26-19-25-12-6-7-13-27(25)29(26)30(28)31(23-9-2-1-3-10-23)33-20-21-14-15-22-8-4-5-11-24(22)18-21/h1-3,5-7,9-18H,4,8,19-20H2/b33-31-. The molecule has 0 bridgehead atoms. The van der Waals surface area contributed by atoms with Gasteiger partial charge >= 0.3 is 0 Å². The highest BCUT2D eigenvalue weighted by Crippen LogP contribution is 2.42. The largest absolute Gasteiger partial charge is 0.279 e. The fourth-order valence-corrected chi connectivity index (χ4v) is 5.33. The number of aryl methyl sites for hydroxylation is 1. The number of aliphatic imine (C=N–C) groups is 1. The molecule has 2 heteroatoms. The van der Waals surface area contributed by atoms with Crippen LogP contribution in [0.15, 0.2) is 96.0 Å². The maximum atomic E-state index is 6.91. The summed E-state index contributed by atoms with van der Waals surface area (Å²) in [6.45, 7) is 0.618. The van der Waals surface area contributed by atoms with Crippen molar-refractivity contribution in [2.75, 3.05) is 0 Å². The van der Waals surface area contributed by atoms with Crippen molar-refractivity contribution in [2.45, 2.75) is 25.8 Å². The molecule has 33 heavy (non-hydrogen) atoms. The number of halogens is 1. The average molecular weight is 446 g/mol. The highest BCUT2D eigenvalue weighted by atomic mass is 35.5. The molecule has 0 saturated heterocycles. The minimum atomic E-state index is 0.618. The molecule has 160 valence electrons. The van der Waals surface area contributed by atoms with Crippen LogP contribution in [-0.2, 0) is 19.4 Å². The molecule has 0 saturated carbocycles. The molecule has 0 unspecified atom stereocenters. The van der Waals surface area contributed by atoms with Crippen LogP contribution in [0.2, 0.25) is 5.02 Å². The van der Waals surface area contributed by atoms with Crippen LogP contribution in [-0.4, -0.2) is 5.71 Å². The Balaban J connectivity index is 1.50. The van der Waals surface area contributed by atoms with Crippen molar-refractivity contribution in [3.05, 3.63) is 135 Å². The molecule has 0 atom stereocenters. The summed E-state index contributed by atoms with van der Waals surface area (Å²) in [5, 5.41) is 0.751. The van der Waals surface area contributed by atoms with Gasteiger partial charge in [0.2, 0.25) is 0 Å². The Morgan fingerprint density at radius 3 is 2.55 bits per heavy atom. The lowest BCUT2D eigenvalue weighted by atomic mass is 9.92. The van der Waals surface area contributed by atoms with Crippen molar-refractivity contribution >= 4 is 23.4 Å². The summed E-state index contributed by atoms with van der Waals surface area (Å²) in [4.78, 5) is 5.20. The molecular weight excluding hydrogens is 422 g/mol. The number of allylic oxidation sites excluding steroid dienone is 1. The molecule has 1 nitrogen and oxygen atoms in total. The van der Waals surface area contributed by atoms with Crippen LogP contribution in [0, 0.1) is 0 Å². The van der Waals surface area contributed by atoms with Gasteiger partial charge in [0, 0.05) is 11.1 Å². The summed E-state index contributed by atoms with van der Waals surface area (Å²) in [6, 6.07) is 30.0.